The fourth-order valence-electron chi connectivity index (χ4n) is 2.21. The number of rotatable bonds is 4. The van der Waals surface area contributed by atoms with Crippen molar-refractivity contribution in [3.05, 3.63) is 42.4 Å². The number of hydrogen-bond acceptors (Lipinski definition) is 4. The van der Waals surface area contributed by atoms with Crippen LogP contribution >= 0.6 is 0 Å². The average Bonchev–Trinajstić information content (AvgIpc) is 2.91. The molecule has 0 bridgehead atoms. The lowest BCUT2D eigenvalue weighted by molar-refractivity contribution is 0.797. The minimum atomic E-state index is 0.800. The van der Waals surface area contributed by atoms with Crippen LogP contribution in [-0.4, -0.2) is 26.8 Å². The molecule has 0 aliphatic carbocycles. The van der Waals surface area contributed by atoms with Gasteiger partial charge in [-0.2, -0.15) is 5.10 Å². The van der Waals surface area contributed by atoms with Gasteiger partial charge in [0, 0.05) is 24.9 Å². The Morgan fingerprint density at radius 1 is 1.20 bits per heavy atom. The molecule has 102 valence electrons. The van der Waals surface area contributed by atoms with Gasteiger partial charge in [-0.1, -0.05) is 25.1 Å². The summed E-state index contributed by atoms with van der Waals surface area (Å²) in [4.78, 5) is 9.08. The molecule has 0 saturated carbocycles. The van der Waals surface area contributed by atoms with Crippen LogP contribution in [0.3, 0.4) is 0 Å². The van der Waals surface area contributed by atoms with E-state index in [1.54, 1.807) is 0 Å². The number of hydrogen-bond donors (Lipinski definition) is 1. The third kappa shape index (κ3) is 2.22. The maximum Gasteiger partial charge on any atom is 0.159 e. The first kappa shape index (κ1) is 12.6. The number of anilines is 1. The average molecular weight is 267 g/mol. The SMILES string of the molecule is CCCc1nc(NC)cc(-n2ncc3ccccc32)n1. The van der Waals surface area contributed by atoms with E-state index in [0.717, 1.165) is 41.2 Å². The van der Waals surface area contributed by atoms with Gasteiger partial charge in [0.25, 0.3) is 0 Å². The second kappa shape index (κ2) is 5.28. The Balaban J connectivity index is 2.15. The molecule has 1 N–H and O–H groups in total. The second-order valence-corrected chi connectivity index (χ2v) is 4.64. The van der Waals surface area contributed by atoms with E-state index >= 15 is 0 Å². The molecule has 0 spiro atoms. The summed E-state index contributed by atoms with van der Waals surface area (Å²) in [6.45, 7) is 2.12. The third-order valence-corrected chi connectivity index (χ3v) is 3.18. The summed E-state index contributed by atoms with van der Waals surface area (Å²) in [5.41, 5.74) is 1.05. The standard InChI is InChI=1S/C15H17N5/c1-3-6-13-18-14(16-2)9-15(19-13)20-12-8-5-4-7-11(12)10-17-20/h4-5,7-10H,3,6H2,1-2H3,(H,16,18,19). The normalized spacial score (nSPS) is 10.9. The Morgan fingerprint density at radius 2 is 2.05 bits per heavy atom. The van der Waals surface area contributed by atoms with Crippen molar-refractivity contribution >= 4 is 16.7 Å². The van der Waals surface area contributed by atoms with Crippen molar-refractivity contribution in [1.29, 1.82) is 0 Å². The van der Waals surface area contributed by atoms with Gasteiger partial charge in [0.15, 0.2) is 5.82 Å². The van der Waals surface area contributed by atoms with E-state index in [4.69, 9.17) is 0 Å². The minimum Gasteiger partial charge on any atom is -0.373 e. The van der Waals surface area contributed by atoms with E-state index in [9.17, 15) is 0 Å². The lowest BCUT2D eigenvalue weighted by Crippen LogP contribution is -2.06. The van der Waals surface area contributed by atoms with Crippen LogP contribution in [0.25, 0.3) is 16.7 Å². The van der Waals surface area contributed by atoms with Crippen molar-refractivity contribution in [1.82, 2.24) is 19.7 Å². The van der Waals surface area contributed by atoms with Gasteiger partial charge in [0.05, 0.1) is 11.7 Å². The quantitative estimate of drug-likeness (QED) is 0.789. The number of para-hydroxylation sites is 1. The van der Waals surface area contributed by atoms with E-state index in [0.29, 0.717) is 0 Å². The van der Waals surface area contributed by atoms with Crippen molar-refractivity contribution in [2.45, 2.75) is 19.8 Å². The van der Waals surface area contributed by atoms with Crippen molar-refractivity contribution in [2.75, 3.05) is 12.4 Å². The Bertz CT molecular complexity index is 732. The lowest BCUT2D eigenvalue weighted by Gasteiger charge is -2.08. The highest BCUT2D eigenvalue weighted by Gasteiger charge is 2.09. The fraction of sp³-hybridized carbons (Fsp3) is 0.267. The number of benzene rings is 1. The Labute approximate surface area is 117 Å². The van der Waals surface area contributed by atoms with Crippen molar-refractivity contribution in [3.63, 3.8) is 0 Å². The molecule has 3 aromatic rings. The molecule has 0 aliphatic rings. The minimum absolute atomic E-state index is 0.800. The Morgan fingerprint density at radius 3 is 2.85 bits per heavy atom. The first-order valence-electron chi connectivity index (χ1n) is 6.80. The molecule has 1 aromatic carbocycles. The van der Waals surface area contributed by atoms with Crippen molar-refractivity contribution < 1.29 is 0 Å². The van der Waals surface area contributed by atoms with Gasteiger partial charge in [0.1, 0.15) is 11.6 Å². The number of aromatic nitrogens is 4. The molecular weight excluding hydrogens is 250 g/mol. The highest BCUT2D eigenvalue weighted by atomic mass is 15.3. The number of fused-ring (bicyclic) bond motifs is 1. The largest absolute Gasteiger partial charge is 0.373 e. The second-order valence-electron chi connectivity index (χ2n) is 4.64. The molecule has 0 radical (unpaired) electrons. The molecule has 0 atom stereocenters. The Hall–Kier alpha value is -2.43. The number of aryl methyl sites for hydroxylation is 1. The topological polar surface area (TPSA) is 55.6 Å². The molecule has 0 amide bonds. The van der Waals surface area contributed by atoms with Crippen molar-refractivity contribution in [2.24, 2.45) is 0 Å². The summed E-state index contributed by atoms with van der Waals surface area (Å²) >= 11 is 0. The summed E-state index contributed by atoms with van der Waals surface area (Å²) in [5.74, 6) is 2.46. The third-order valence-electron chi connectivity index (χ3n) is 3.18. The van der Waals surface area contributed by atoms with Gasteiger partial charge in [-0.05, 0) is 12.5 Å². The van der Waals surface area contributed by atoms with E-state index in [-0.39, 0.29) is 0 Å². The molecule has 5 heteroatoms. The monoisotopic (exact) mass is 267 g/mol. The van der Waals surface area contributed by atoms with Crippen LogP contribution in [0.15, 0.2) is 36.5 Å². The summed E-state index contributed by atoms with van der Waals surface area (Å²) in [6, 6.07) is 10.0. The molecular formula is C15H17N5. The smallest absolute Gasteiger partial charge is 0.159 e. The highest BCUT2D eigenvalue weighted by molar-refractivity contribution is 5.79. The van der Waals surface area contributed by atoms with E-state index in [2.05, 4.69) is 27.3 Å². The van der Waals surface area contributed by atoms with E-state index < -0.39 is 0 Å². The molecule has 20 heavy (non-hydrogen) atoms. The van der Waals surface area contributed by atoms with Crippen LogP contribution in [0.1, 0.15) is 19.2 Å². The highest BCUT2D eigenvalue weighted by Crippen LogP contribution is 2.18. The fourth-order valence-corrected chi connectivity index (χ4v) is 2.21. The van der Waals surface area contributed by atoms with Crippen LogP contribution in [0.2, 0.25) is 0 Å². The van der Waals surface area contributed by atoms with E-state index in [1.807, 2.05) is 48.3 Å². The number of nitrogens with one attached hydrogen (secondary N) is 1. The maximum atomic E-state index is 4.61. The molecule has 0 fully saturated rings. The first-order chi connectivity index (χ1) is 9.81. The molecule has 2 heterocycles. The van der Waals surface area contributed by atoms with Gasteiger partial charge < -0.3 is 5.32 Å². The van der Waals surface area contributed by atoms with Gasteiger partial charge in [-0.25, -0.2) is 14.6 Å². The summed E-state index contributed by atoms with van der Waals surface area (Å²) < 4.78 is 1.86. The molecule has 5 nitrogen and oxygen atoms in total. The summed E-state index contributed by atoms with van der Waals surface area (Å²) in [6.07, 6.45) is 3.74. The van der Waals surface area contributed by atoms with Gasteiger partial charge >= 0.3 is 0 Å². The maximum absolute atomic E-state index is 4.61. The lowest BCUT2D eigenvalue weighted by atomic mass is 10.2. The molecule has 0 aliphatic heterocycles. The summed E-state index contributed by atoms with van der Waals surface area (Å²) in [7, 11) is 1.86. The van der Waals surface area contributed by atoms with Gasteiger partial charge in [-0.3, -0.25) is 0 Å². The van der Waals surface area contributed by atoms with Gasteiger partial charge in [0.2, 0.25) is 0 Å². The zero-order valence-electron chi connectivity index (χ0n) is 11.7. The van der Waals surface area contributed by atoms with Crippen LogP contribution in [0.5, 0.6) is 0 Å². The predicted octanol–water partition coefficient (Wildman–Crippen LogP) is 2.81. The van der Waals surface area contributed by atoms with Crippen LogP contribution in [0, 0.1) is 0 Å². The molecule has 3 rings (SSSR count). The molecule has 0 unspecified atom stereocenters. The van der Waals surface area contributed by atoms with Crippen LogP contribution in [0.4, 0.5) is 5.82 Å². The van der Waals surface area contributed by atoms with Crippen LogP contribution in [-0.2, 0) is 6.42 Å². The van der Waals surface area contributed by atoms with E-state index in [1.165, 1.54) is 0 Å². The molecule has 0 saturated heterocycles. The first-order valence-corrected chi connectivity index (χ1v) is 6.80. The predicted molar refractivity (Wildman–Crippen MR) is 80.2 cm³/mol. The van der Waals surface area contributed by atoms with Crippen LogP contribution < -0.4 is 5.32 Å². The zero-order chi connectivity index (χ0) is 13.9. The molecule has 2 aromatic heterocycles. The Kier molecular flexibility index (Phi) is 3.33. The number of nitrogens with zero attached hydrogens (tertiary/aromatic N) is 4. The van der Waals surface area contributed by atoms with Gasteiger partial charge in [-0.15, -0.1) is 0 Å². The van der Waals surface area contributed by atoms with Crippen molar-refractivity contribution in [3.8, 4) is 5.82 Å². The summed E-state index contributed by atoms with van der Waals surface area (Å²) in [5, 5.41) is 8.63. The zero-order valence-corrected chi connectivity index (χ0v) is 11.7.